The van der Waals surface area contributed by atoms with Crippen molar-refractivity contribution in [1.29, 1.82) is 0 Å². The van der Waals surface area contributed by atoms with Gasteiger partial charge in [-0.1, -0.05) is 17.7 Å². The van der Waals surface area contributed by atoms with E-state index < -0.39 is 0 Å². The molecule has 1 unspecified atom stereocenters. The van der Waals surface area contributed by atoms with Crippen LogP contribution in [0.1, 0.15) is 18.4 Å². The van der Waals surface area contributed by atoms with Crippen LogP contribution < -0.4 is 5.73 Å². The standard InChI is InChI=1S/C12H17ClN2O/c13-11-4-3-9(6-12(11)14)7-15-5-1-2-10(16)8-15/h3-4,6,10,16H,1-2,5,7-8,14H2. The summed E-state index contributed by atoms with van der Waals surface area (Å²) in [6, 6.07) is 5.72. The van der Waals surface area contributed by atoms with Gasteiger partial charge in [0, 0.05) is 13.1 Å². The van der Waals surface area contributed by atoms with Gasteiger partial charge >= 0.3 is 0 Å². The predicted octanol–water partition coefficient (Wildman–Crippen LogP) is 1.88. The number of piperidine rings is 1. The zero-order valence-corrected chi connectivity index (χ0v) is 9.95. The van der Waals surface area contributed by atoms with Gasteiger partial charge in [0.2, 0.25) is 0 Å². The summed E-state index contributed by atoms with van der Waals surface area (Å²) in [6.45, 7) is 2.63. The van der Waals surface area contributed by atoms with E-state index in [9.17, 15) is 5.11 Å². The third-order valence-corrected chi connectivity index (χ3v) is 3.29. The van der Waals surface area contributed by atoms with Crippen LogP contribution in [0, 0.1) is 0 Å². The van der Waals surface area contributed by atoms with Crippen molar-refractivity contribution in [2.75, 3.05) is 18.8 Å². The highest BCUT2D eigenvalue weighted by molar-refractivity contribution is 6.33. The second-order valence-electron chi connectivity index (χ2n) is 4.39. The molecule has 2 rings (SSSR count). The fourth-order valence-electron chi connectivity index (χ4n) is 2.12. The van der Waals surface area contributed by atoms with Crippen LogP contribution in [0.3, 0.4) is 0 Å². The number of rotatable bonds is 2. The largest absolute Gasteiger partial charge is 0.398 e. The van der Waals surface area contributed by atoms with Gasteiger partial charge in [-0.25, -0.2) is 0 Å². The maximum atomic E-state index is 9.57. The number of nitrogens with two attached hydrogens (primary N) is 1. The Labute approximate surface area is 101 Å². The first kappa shape index (κ1) is 11.7. The third kappa shape index (κ3) is 2.88. The Kier molecular flexibility index (Phi) is 3.69. The number of β-amino-alcohol motifs (C(OH)–C–C–N with tert-alkyl or cyclic N) is 1. The molecule has 1 heterocycles. The Morgan fingerprint density at radius 3 is 3.00 bits per heavy atom. The van der Waals surface area contributed by atoms with Crippen LogP contribution >= 0.6 is 11.6 Å². The zero-order chi connectivity index (χ0) is 11.5. The van der Waals surface area contributed by atoms with Crippen LogP contribution in [0.5, 0.6) is 0 Å². The predicted molar refractivity (Wildman–Crippen MR) is 66.4 cm³/mol. The van der Waals surface area contributed by atoms with Crippen molar-refractivity contribution in [2.45, 2.75) is 25.5 Å². The average molecular weight is 241 g/mol. The Morgan fingerprint density at radius 2 is 2.31 bits per heavy atom. The SMILES string of the molecule is Nc1cc(CN2CCCC(O)C2)ccc1Cl. The van der Waals surface area contributed by atoms with Crippen molar-refractivity contribution in [2.24, 2.45) is 0 Å². The fraction of sp³-hybridized carbons (Fsp3) is 0.500. The number of anilines is 1. The summed E-state index contributed by atoms with van der Waals surface area (Å²) in [5.41, 5.74) is 7.52. The molecule has 88 valence electrons. The lowest BCUT2D eigenvalue weighted by atomic mass is 10.1. The minimum Gasteiger partial charge on any atom is -0.398 e. The molecule has 0 amide bonds. The molecule has 0 aliphatic carbocycles. The minimum absolute atomic E-state index is 0.182. The molecule has 1 atom stereocenters. The van der Waals surface area contributed by atoms with E-state index in [2.05, 4.69) is 4.90 Å². The molecule has 1 saturated heterocycles. The van der Waals surface area contributed by atoms with Gasteiger partial charge in [-0.15, -0.1) is 0 Å². The summed E-state index contributed by atoms with van der Waals surface area (Å²) in [5.74, 6) is 0. The Balaban J connectivity index is 2.00. The molecule has 0 aromatic heterocycles. The Hall–Kier alpha value is -0.770. The number of likely N-dealkylation sites (tertiary alicyclic amines) is 1. The lowest BCUT2D eigenvalue weighted by Crippen LogP contribution is -2.37. The summed E-state index contributed by atoms with van der Waals surface area (Å²) in [7, 11) is 0. The Bertz CT molecular complexity index is 370. The molecular weight excluding hydrogens is 224 g/mol. The molecule has 3 nitrogen and oxygen atoms in total. The number of hydrogen-bond donors (Lipinski definition) is 2. The molecule has 4 heteroatoms. The number of nitrogens with zero attached hydrogens (tertiary/aromatic N) is 1. The molecule has 0 spiro atoms. The van der Waals surface area contributed by atoms with Crippen molar-refractivity contribution in [3.63, 3.8) is 0 Å². The molecule has 0 saturated carbocycles. The average Bonchev–Trinajstić information content (AvgIpc) is 2.24. The molecule has 3 N–H and O–H groups in total. The van der Waals surface area contributed by atoms with Gasteiger partial charge in [0.15, 0.2) is 0 Å². The van der Waals surface area contributed by atoms with Crippen LogP contribution in [0.15, 0.2) is 18.2 Å². The first-order valence-electron chi connectivity index (χ1n) is 5.59. The van der Waals surface area contributed by atoms with E-state index in [1.165, 1.54) is 0 Å². The topological polar surface area (TPSA) is 49.5 Å². The maximum absolute atomic E-state index is 9.57. The van der Waals surface area contributed by atoms with Gasteiger partial charge in [-0.3, -0.25) is 4.90 Å². The van der Waals surface area contributed by atoms with Crippen molar-refractivity contribution in [1.82, 2.24) is 4.90 Å². The van der Waals surface area contributed by atoms with E-state index in [0.717, 1.165) is 38.0 Å². The highest BCUT2D eigenvalue weighted by atomic mass is 35.5. The van der Waals surface area contributed by atoms with Crippen LogP contribution in [0.4, 0.5) is 5.69 Å². The van der Waals surface area contributed by atoms with Crippen LogP contribution in [0.2, 0.25) is 5.02 Å². The first-order valence-corrected chi connectivity index (χ1v) is 5.97. The van der Waals surface area contributed by atoms with Crippen molar-refractivity contribution < 1.29 is 5.11 Å². The van der Waals surface area contributed by atoms with Crippen LogP contribution in [-0.4, -0.2) is 29.2 Å². The summed E-state index contributed by atoms with van der Waals surface area (Å²) < 4.78 is 0. The van der Waals surface area contributed by atoms with E-state index in [4.69, 9.17) is 17.3 Å². The molecule has 1 aliphatic heterocycles. The van der Waals surface area contributed by atoms with Gasteiger partial charge in [-0.05, 0) is 37.1 Å². The van der Waals surface area contributed by atoms with Crippen LogP contribution in [0.25, 0.3) is 0 Å². The third-order valence-electron chi connectivity index (χ3n) is 2.95. The van der Waals surface area contributed by atoms with Gasteiger partial charge in [-0.2, -0.15) is 0 Å². The highest BCUT2D eigenvalue weighted by Gasteiger charge is 2.17. The summed E-state index contributed by atoms with van der Waals surface area (Å²) >= 11 is 5.87. The van der Waals surface area contributed by atoms with Gasteiger partial charge in [0.25, 0.3) is 0 Å². The molecule has 1 aromatic carbocycles. The van der Waals surface area contributed by atoms with Crippen molar-refractivity contribution >= 4 is 17.3 Å². The lowest BCUT2D eigenvalue weighted by molar-refractivity contribution is 0.0668. The number of aliphatic hydroxyl groups excluding tert-OH is 1. The molecule has 0 radical (unpaired) electrons. The highest BCUT2D eigenvalue weighted by Crippen LogP contribution is 2.21. The normalized spacial score (nSPS) is 22.2. The second-order valence-corrected chi connectivity index (χ2v) is 4.79. The van der Waals surface area contributed by atoms with Crippen molar-refractivity contribution in [3.05, 3.63) is 28.8 Å². The molecule has 1 aliphatic rings. The van der Waals surface area contributed by atoms with Gasteiger partial charge in [0.1, 0.15) is 0 Å². The van der Waals surface area contributed by atoms with E-state index in [1.807, 2.05) is 18.2 Å². The Morgan fingerprint density at radius 1 is 1.50 bits per heavy atom. The lowest BCUT2D eigenvalue weighted by Gasteiger charge is -2.30. The fourth-order valence-corrected chi connectivity index (χ4v) is 2.24. The molecule has 0 bridgehead atoms. The quantitative estimate of drug-likeness (QED) is 0.776. The smallest absolute Gasteiger partial charge is 0.0667 e. The monoisotopic (exact) mass is 240 g/mol. The van der Waals surface area contributed by atoms with Crippen molar-refractivity contribution in [3.8, 4) is 0 Å². The van der Waals surface area contributed by atoms with Crippen LogP contribution in [-0.2, 0) is 6.54 Å². The maximum Gasteiger partial charge on any atom is 0.0667 e. The summed E-state index contributed by atoms with van der Waals surface area (Å²) in [4.78, 5) is 2.25. The summed E-state index contributed by atoms with van der Waals surface area (Å²) in [6.07, 6.45) is 1.79. The van der Waals surface area contributed by atoms with E-state index in [0.29, 0.717) is 10.7 Å². The molecular formula is C12H17ClN2O. The number of hydrogen-bond acceptors (Lipinski definition) is 3. The molecule has 1 fully saturated rings. The molecule has 16 heavy (non-hydrogen) atoms. The number of benzene rings is 1. The van der Waals surface area contributed by atoms with Gasteiger partial charge in [0.05, 0.1) is 16.8 Å². The summed E-state index contributed by atoms with van der Waals surface area (Å²) in [5, 5.41) is 10.2. The van der Waals surface area contributed by atoms with E-state index in [1.54, 1.807) is 0 Å². The minimum atomic E-state index is -0.182. The van der Waals surface area contributed by atoms with E-state index >= 15 is 0 Å². The second kappa shape index (κ2) is 5.04. The first-order chi connectivity index (χ1) is 7.65. The zero-order valence-electron chi connectivity index (χ0n) is 9.19. The number of nitrogen functional groups attached to an aromatic ring is 1. The van der Waals surface area contributed by atoms with Gasteiger partial charge < -0.3 is 10.8 Å². The van der Waals surface area contributed by atoms with E-state index in [-0.39, 0.29) is 6.10 Å². The number of aliphatic hydroxyl groups is 1. The number of halogens is 1. The molecule has 1 aromatic rings.